The minimum Gasteiger partial charge on any atom is -0.351 e. The largest absolute Gasteiger partial charge is 0.351 e. The number of anilines is 2. The first-order valence-electron chi connectivity index (χ1n) is 11.0. The first kappa shape index (κ1) is 20.7. The highest BCUT2D eigenvalue weighted by atomic mass is 32.1. The Hall–Kier alpha value is -3.19. The normalized spacial score (nSPS) is 20.3. The third-order valence-corrected chi connectivity index (χ3v) is 6.63. The van der Waals surface area contributed by atoms with Gasteiger partial charge in [-0.2, -0.15) is 0 Å². The van der Waals surface area contributed by atoms with Crippen LogP contribution in [0.4, 0.5) is 11.4 Å². The fourth-order valence-electron chi connectivity index (χ4n) is 4.85. The second-order valence-electron chi connectivity index (χ2n) is 8.65. The maximum atomic E-state index is 11.4. The zero-order valence-electron chi connectivity index (χ0n) is 18.5. The van der Waals surface area contributed by atoms with Crippen LogP contribution in [0.15, 0.2) is 54.7 Å². The molecule has 0 unspecified atom stereocenters. The highest BCUT2D eigenvalue weighted by Gasteiger charge is 2.42. The van der Waals surface area contributed by atoms with Crippen molar-refractivity contribution in [3.63, 3.8) is 0 Å². The Labute approximate surface area is 193 Å². The number of aromatic nitrogens is 2. The Bertz CT molecular complexity index is 1170. The highest BCUT2D eigenvalue weighted by Crippen LogP contribution is 2.46. The van der Waals surface area contributed by atoms with Crippen LogP contribution in [0.2, 0.25) is 0 Å². The van der Waals surface area contributed by atoms with E-state index in [0.29, 0.717) is 11.2 Å². The van der Waals surface area contributed by atoms with Crippen molar-refractivity contribution in [2.75, 3.05) is 10.2 Å². The van der Waals surface area contributed by atoms with Crippen LogP contribution in [-0.4, -0.2) is 20.6 Å². The molecular weight excluding hydrogens is 418 g/mol. The Kier molecular flexibility index (Phi) is 5.21. The molecular formula is C25H27N5OS. The number of hydrogen-bond donors (Lipinski definition) is 2. The van der Waals surface area contributed by atoms with Crippen molar-refractivity contribution < 1.29 is 4.79 Å². The lowest BCUT2D eigenvalue weighted by Crippen LogP contribution is -2.29. The average Bonchev–Trinajstić information content (AvgIpc) is 3.48. The van der Waals surface area contributed by atoms with Gasteiger partial charge in [-0.15, -0.1) is 0 Å². The summed E-state index contributed by atoms with van der Waals surface area (Å²) in [6.07, 6.45) is 4.32. The van der Waals surface area contributed by atoms with E-state index in [0.717, 1.165) is 17.1 Å². The molecule has 2 atom stereocenters. The van der Waals surface area contributed by atoms with Gasteiger partial charge in [0.1, 0.15) is 0 Å². The van der Waals surface area contributed by atoms with Gasteiger partial charge in [0.2, 0.25) is 5.91 Å². The van der Waals surface area contributed by atoms with Crippen LogP contribution >= 0.6 is 12.2 Å². The van der Waals surface area contributed by atoms with Crippen LogP contribution in [-0.2, 0) is 4.79 Å². The lowest BCUT2D eigenvalue weighted by Gasteiger charge is -2.28. The number of carbonyl (C=O) groups excluding carboxylic acids is 1. The van der Waals surface area contributed by atoms with Gasteiger partial charge in [-0.3, -0.25) is 9.78 Å². The molecule has 2 fully saturated rings. The highest BCUT2D eigenvalue weighted by molar-refractivity contribution is 7.80. The van der Waals surface area contributed by atoms with Crippen LogP contribution in [0.1, 0.15) is 60.5 Å². The molecule has 6 nitrogen and oxygen atoms in total. The predicted octanol–water partition coefficient (Wildman–Crippen LogP) is 4.97. The molecule has 1 aliphatic carbocycles. The quantitative estimate of drug-likeness (QED) is 0.543. The van der Waals surface area contributed by atoms with Crippen LogP contribution in [0, 0.1) is 13.8 Å². The molecule has 1 aliphatic heterocycles. The smallest absolute Gasteiger partial charge is 0.221 e. The van der Waals surface area contributed by atoms with E-state index >= 15 is 0 Å². The molecule has 3 heterocycles. The molecule has 2 aliphatic rings. The summed E-state index contributed by atoms with van der Waals surface area (Å²) in [6.45, 7) is 5.92. The molecule has 2 aromatic heterocycles. The van der Waals surface area contributed by atoms with Gasteiger partial charge in [0.25, 0.3) is 0 Å². The number of carbonyl (C=O) groups is 1. The third-order valence-electron chi connectivity index (χ3n) is 6.32. The molecule has 0 spiro atoms. The summed E-state index contributed by atoms with van der Waals surface area (Å²) < 4.78 is 2.48. The van der Waals surface area contributed by atoms with E-state index in [4.69, 9.17) is 12.2 Å². The number of pyridine rings is 1. The predicted molar refractivity (Wildman–Crippen MR) is 131 cm³/mol. The van der Waals surface area contributed by atoms with E-state index in [9.17, 15) is 4.79 Å². The molecule has 3 aromatic rings. The van der Waals surface area contributed by atoms with Crippen molar-refractivity contribution in [3.8, 4) is 0 Å². The molecule has 5 rings (SSSR count). The Morgan fingerprint density at radius 3 is 2.53 bits per heavy atom. The summed E-state index contributed by atoms with van der Waals surface area (Å²) in [4.78, 5) is 18.2. The minimum absolute atomic E-state index is 0.0253. The van der Waals surface area contributed by atoms with E-state index in [2.05, 4.69) is 51.1 Å². The number of nitrogens with one attached hydrogen (secondary N) is 2. The van der Waals surface area contributed by atoms with Gasteiger partial charge < -0.3 is 20.1 Å². The number of amides is 1. The van der Waals surface area contributed by atoms with Crippen molar-refractivity contribution in [1.82, 2.24) is 14.9 Å². The zero-order valence-corrected chi connectivity index (χ0v) is 19.3. The van der Waals surface area contributed by atoms with Gasteiger partial charge in [0.05, 0.1) is 17.8 Å². The van der Waals surface area contributed by atoms with E-state index < -0.39 is 0 Å². The molecule has 7 heteroatoms. The zero-order chi connectivity index (χ0) is 22.4. The van der Waals surface area contributed by atoms with Gasteiger partial charge >= 0.3 is 0 Å². The third kappa shape index (κ3) is 3.66. The van der Waals surface area contributed by atoms with Crippen LogP contribution in [0.5, 0.6) is 0 Å². The first-order valence-corrected chi connectivity index (χ1v) is 11.4. The SMILES string of the molecule is CC(=O)Nc1ccc(N2C(=S)N[C@H](c3ccccn3)[C@@H]2c2cc(C)n(C3CC3)c2C)cc1. The Morgan fingerprint density at radius 2 is 1.91 bits per heavy atom. The minimum atomic E-state index is -0.0864. The molecule has 32 heavy (non-hydrogen) atoms. The van der Waals surface area contributed by atoms with E-state index in [1.807, 2.05) is 42.6 Å². The molecule has 1 saturated carbocycles. The van der Waals surface area contributed by atoms with Gasteiger partial charge in [0, 0.05) is 41.9 Å². The summed E-state index contributed by atoms with van der Waals surface area (Å²) in [7, 11) is 0. The Morgan fingerprint density at radius 1 is 1.16 bits per heavy atom. The van der Waals surface area contributed by atoms with Crippen molar-refractivity contribution in [2.24, 2.45) is 0 Å². The number of rotatable bonds is 5. The van der Waals surface area contributed by atoms with E-state index in [-0.39, 0.29) is 18.0 Å². The average molecular weight is 446 g/mol. The summed E-state index contributed by atoms with van der Waals surface area (Å²) in [5, 5.41) is 7.04. The molecule has 164 valence electrons. The Balaban J connectivity index is 1.59. The molecule has 1 amide bonds. The van der Waals surface area contributed by atoms with E-state index in [1.165, 1.54) is 36.7 Å². The van der Waals surface area contributed by atoms with Gasteiger partial charge in [-0.25, -0.2) is 0 Å². The van der Waals surface area contributed by atoms with Crippen LogP contribution in [0.25, 0.3) is 0 Å². The van der Waals surface area contributed by atoms with Crippen LogP contribution in [0.3, 0.4) is 0 Å². The number of benzene rings is 1. The second kappa shape index (κ2) is 8.06. The summed E-state index contributed by atoms with van der Waals surface area (Å²) in [5.41, 5.74) is 6.57. The van der Waals surface area contributed by atoms with Crippen molar-refractivity contribution >= 4 is 34.6 Å². The monoisotopic (exact) mass is 445 g/mol. The maximum absolute atomic E-state index is 11.4. The fourth-order valence-corrected chi connectivity index (χ4v) is 5.20. The molecule has 1 aromatic carbocycles. The summed E-state index contributed by atoms with van der Waals surface area (Å²) in [5.74, 6) is -0.0864. The first-order chi connectivity index (χ1) is 15.4. The number of hydrogen-bond acceptors (Lipinski definition) is 3. The standard InChI is InChI=1S/C25H27N5OS/c1-15-14-21(16(2)29(15)19-11-12-19)24-23(22-6-4-5-13-26-22)28-25(32)30(24)20-9-7-18(8-10-20)27-17(3)31/h4-10,13-14,19,23-24H,11-12H2,1-3H3,(H,27,31)(H,28,32)/t23-,24+/m1/s1. The lowest BCUT2D eigenvalue weighted by molar-refractivity contribution is -0.114. The van der Waals surface area contributed by atoms with Gasteiger partial charge in [-0.1, -0.05) is 6.07 Å². The molecule has 0 radical (unpaired) electrons. The maximum Gasteiger partial charge on any atom is 0.221 e. The second-order valence-corrected chi connectivity index (χ2v) is 9.04. The molecule has 1 saturated heterocycles. The lowest BCUT2D eigenvalue weighted by atomic mass is 9.96. The summed E-state index contributed by atoms with van der Waals surface area (Å²) >= 11 is 5.84. The molecule has 0 bridgehead atoms. The summed E-state index contributed by atoms with van der Waals surface area (Å²) in [6, 6.07) is 16.7. The van der Waals surface area contributed by atoms with Gasteiger partial charge in [-0.05, 0) is 86.9 Å². The van der Waals surface area contributed by atoms with Crippen molar-refractivity contribution in [3.05, 3.63) is 77.4 Å². The number of aryl methyl sites for hydroxylation is 1. The van der Waals surface area contributed by atoms with Crippen molar-refractivity contribution in [1.29, 1.82) is 0 Å². The number of nitrogens with zero attached hydrogens (tertiary/aromatic N) is 3. The van der Waals surface area contributed by atoms with Crippen molar-refractivity contribution in [2.45, 2.75) is 51.7 Å². The van der Waals surface area contributed by atoms with E-state index in [1.54, 1.807) is 0 Å². The molecule has 2 N–H and O–H groups in total. The van der Waals surface area contributed by atoms with Crippen LogP contribution < -0.4 is 15.5 Å². The number of thiocarbonyl (C=S) groups is 1. The topological polar surface area (TPSA) is 62.2 Å². The fraction of sp³-hybridized carbons (Fsp3) is 0.320. The van der Waals surface area contributed by atoms with Gasteiger partial charge in [0.15, 0.2) is 5.11 Å².